The third-order valence-electron chi connectivity index (χ3n) is 2.26. The second-order valence-electron chi connectivity index (χ2n) is 4.41. The van der Waals surface area contributed by atoms with Crippen LogP contribution in [0, 0.1) is 5.82 Å². The van der Waals surface area contributed by atoms with Gasteiger partial charge in [0.2, 0.25) is 0 Å². The maximum Gasteiger partial charge on any atom is 0.123 e. The van der Waals surface area contributed by atoms with Crippen molar-refractivity contribution in [3.63, 3.8) is 0 Å². The first kappa shape index (κ1) is 10.2. The molecule has 0 atom stereocenters. The summed E-state index contributed by atoms with van der Waals surface area (Å²) in [5.41, 5.74) is 2.47. The smallest absolute Gasteiger partial charge is 0.123 e. The average molecular weight is 180 g/mol. The summed E-state index contributed by atoms with van der Waals surface area (Å²) >= 11 is 0. The molecule has 0 fully saturated rings. The third kappa shape index (κ3) is 2.30. The Hall–Kier alpha value is -0.850. The largest absolute Gasteiger partial charge is 0.207 e. The van der Waals surface area contributed by atoms with E-state index < -0.39 is 0 Å². The maximum atomic E-state index is 12.9. The van der Waals surface area contributed by atoms with Gasteiger partial charge in [-0.2, -0.15) is 0 Å². The van der Waals surface area contributed by atoms with Crippen molar-refractivity contribution in [3.05, 3.63) is 35.1 Å². The number of hydrogen-bond donors (Lipinski definition) is 0. The number of halogens is 1. The molecule has 1 heteroatoms. The Labute approximate surface area is 79.8 Å². The fourth-order valence-electron chi connectivity index (χ4n) is 1.59. The van der Waals surface area contributed by atoms with Crippen LogP contribution in [0.5, 0.6) is 0 Å². The summed E-state index contributed by atoms with van der Waals surface area (Å²) in [6.45, 7) is 8.52. The van der Waals surface area contributed by atoms with Crippen LogP contribution in [0.4, 0.5) is 4.39 Å². The first-order valence-corrected chi connectivity index (χ1v) is 4.74. The fraction of sp³-hybridized carbons (Fsp3) is 0.500. The molecule has 1 aromatic carbocycles. The van der Waals surface area contributed by atoms with E-state index in [0.29, 0.717) is 0 Å². The summed E-state index contributed by atoms with van der Waals surface area (Å²) < 4.78 is 12.9. The van der Waals surface area contributed by atoms with E-state index in [1.165, 1.54) is 5.56 Å². The quantitative estimate of drug-likeness (QED) is 0.618. The summed E-state index contributed by atoms with van der Waals surface area (Å²) in [6.07, 6.45) is 0.893. The molecule has 0 saturated heterocycles. The van der Waals surface area contributed by atoms with Crippen molar-refractivity contribution in [2.75, 3.05) is 0 Å². The lowest BCUT2D eigenvalue weighted by molar-refractivity contribution is 0.574. The van der Waals surface area contributed by atoms with Gasteiger partial charge in [0.15, 0.2) is 0 Å². The van der Waals surface area contributed by atoms with E-state index in [0.717, 1.165) is 12.0 Å². The topological polar surface area (TPSA) is 0 Å². The predicted octanol–water partition coefficient (Wildman–Crippen LogP) is 3.69. The molecular formula is C12H17F. The van der Waals surface area contributed by atoms with Crippen molar-refractivity contribution in [3.8, 4) is 0 Å². The van der Waals surface area contributed by atoms with Crippen LogP contribution >= 0.6 is 0 Å². The van der Waals surface area contributed by atoms with Gasteiger partial charge in [-0.1, -0.05) is 33.8 Å². The minimum atomic E-state index is -0.134. The lowest BCUT2D eigenvalue weighted by atomic mass is 9.83. The Kier molecular flexibility index (Phi) is 2.74. The number of rotatable bonds is 1. The molecule has 0 aliphatic heterocycles. The van der Waals surface area contributed by atoms with Gasteiger partial charge in [0.05, 0.1) is 0 Å². The van der Waals surface area contributed by atoms with E-state index in [-0.39, 0.29) is 11.2 Å². The van der Waals surface area contributed by atoms with Crippen LogP contribution in [0.2, 0.25) is 0 Å². The van der Waals surface area contributed by atoms with Crippen molar-refractivity contribution in [2.45, 2.75) is 39.5 Å². The average Bonchev–Trinajstić information content (AvgIpc) is 2.01. The molecule has 0 aliphatic rings. The van der Waals surface area contributed by atoms with Crippen molar-refractivity contribution in [1.29, 1.82) is 0 Å². The van der Waals surface area contributed by atoms with Gasteiger partial charge in [-0.3, -0.25) is 0 Å². The van der Waals surface area contributed by atoms with Gasteiger partial charge < -0.3 is 0 Å². The van der Waals surface area contributed by atoms with Crippen LogP contribution in [0.25, 0.3) is 0 Å². The van der Waals surface area contributed by atoms with Gasteiger partial charge >= 0.3 is 0 Å². The minimum absolute atomic E-state index is 0.110. The Balaban J connectivity index is 3.22. The standard InChI is InChI=1S/C12H17F/c1-5-9-8-10(13)6-7-11(9)12(2,3)4/h6-8H,5H2,1-4H3. The molecule has 0 radical (unpaired) electrons. The van der Waals surface area contributed by atoms with Crippen LogP contribution < -0.4 is 0 Å². The van der Waals surface area contributed by atoms with Crippen LogP contribution in [0.3, 0.4) is 0 Å². The van der Waals surface area contributed by atoms with Crippen LogP contribution in [0.1, 0.15) is 38.8 Å². The first-order chi connectivity index (χ1) is 5.95. The van der Waals surface area contributed by atoms with E-state index in [2.05, 4.69) is 27.7 Å². The lowest BCUT2D eigenvalue weighted by Gasteiger charge is -2.22. The molecule has 1 rings (SSSR count). The van der Waals surface area contributed by atoms with Gasteiger partial charge in [0.1, 0.15) is 5.82 Å². The highest BCUT2D eigenvalue weighted by molar-refractivity contribution is 5.33. The van der Waals surface area contributed by atoms with E-state index in [1.54, 1.807) is 12.1 Å². The van der Waals surface area contributed by atoms with Gasteiger partial charge in [-0.05, 0) is 35.1 Å². The number of benzene rings is 1. The second-order valence-corrected chi connectivity index (χ2v) is 4.41. The Morgan fingerprint density at radius 3 is 2.31 bits per heavy atom. The summed E-state index contributed by atoms with van der Waals surface area (Å²) in [7, 11) is 0. The molecule has 0 amide bonds. The molecule has 0 nitrogen and oxygen atoms in total. The molecule has 0 saturated carbocycles. The van der Waals surface area contributed by atoms with Crippen molar-refractivity contribution < 1.29 is 4.39 Å². The van der Waals surface area contributed by atoms with Crippen molar-refractivity contribution in [2.24, 2.45) is 0 Å². The summed E-state index contributed by atoms with van der Waals surface area (Å²) in [6, 6.07) is 5.08. The highest BCUT2D eigenvalue weighted by Gasteiger charge is 2.16. The van der Waals surface area contributed by atoms with Crippen molar-refractivity contribution in [1.82, 2.24) is 0 Å². The SMILES string of the molecule is CCc1cc(F)ccc1C(C)(C)C. The molecule has 0 spiro atoms. The molecule has 0 aliphatic carbocycles. The highest BCUT2D eigenvalue weighted by atomic mass is 19.1. The maximum absolute atomic E-state index is 12.9. The summed E-state index contributed by atoms with van der Waals surface area (Å²) in [5.74, 6) is -0.134. The molecule has 0 N–H and O–H groups in total. The molecule has 13 heavy (non-hydrogen) atoms. The third-order valence-corrected chi connectivity index (χ3v) is 2.26. The van der Waals surface area contributed by atoms with E-state index in [1.807, 2.05) is 6.07 Å². The van der Waals surface area contributed by atoms with E-state index >= 15 is 0 Å². The van der Waals surface area contributed by atoms with Gasteiger partial charge in [-0.15, -0.1) is 0 Å². The molecule has 0 aromatic heterocycles. The van der Waals surface area contributed by atoms with Crippen LogP contribution in [-0.2, 0) is 11.8 Å². The molecule has 1 aromatic rings. The fourth-order valence-corrected chi connectivity index (χ4v) is 1.59. The monoisotopic (exact) mass is 180 g/mol. The zero-order valence-corrected chi connectivity index (χ0v) is 8.82. The summed E-state index contributed by atoms with van der Waals surface area (Å²) in [5, 5.41) is 0. The Bertz CT molecular complexity index is 294. The lowest BCUT2D eigenvalue weighted by Crippen LogP contribution is -2.14. The predicted molar refractivity (Wildman–Crippen MR) is 54.5 cm³/mol. The van der Waals surface area contributed by atoms with E-state index in [9.17, 15) is 4.39 Å². The minimum Gasteiger partial charge on any atom is -0.207 e. The van der Waals surface area contributed by atoms with Gasteiger partial charge in [0.25, 0.3) is 0 Å². The molecule has 0 heterocycles. The molecule has 0 unspecified atom stereocenters. The van der Waals surface area contributed by atoms with Crippen LogP contribution in [-0.4, -0.2) is 0 Å². The van der Waals surface area contributed by atoms with Gasteiger partial charge in [0, 0.05) is 0 Å². The number of hydrogen-bond acceptors (Lipinski definition) is 0. The molecular weight excluding hydrogens is 163 g/mol. The van der Waals surface area contributed by atoms with Crippen molar-refractivity contribution >= 4 is 0 Å². The van der Waals surface area contributed by atoms with Crippen LogP contribution in [0.15, 0.2) is 18.2 Å². The Morgan fingerprint density at radius 1 is 1.23 bits per heavy atom. The van der Waals surface area contributed by atoms with Gasteiger partial charge in [-0.25, -0.2) is 4.39 Å². The zero-order valence-electron chi connectivity index (χ0n) is 8.82. The molecule has 72 valence electrons. The zero-order chi connectivity index (χ0) is 10.1. The normalized spacial score (nSPS) is 11.8. The Morgan fingerprint density at radius 2 is 1.85 bits per heavy atom. The number of aryl methyl sites for hydroxylation is 1. The summed E-state index contributed by atoms with van der Waals surface area (Å²) in [4.78, 5) is 0. The second kappa shape index (κ2) is 3.49. The molecule has 0 bridgehead atoms. The van der Waals surface area contributed by atoms with E-state index in [4.69, 9.17) is 0 Å². The first-order valence-electron chi connectivity index (χ1n) is 4.74. The highest BCUT2D eigenvalue weighted by Crippen LogP contribution is 2.26.